The van der Waals surface area contributed by atoms with E-state index in [1.54, 1.807) is 7.11 Å². The number of carbonyl (C=O) groups is 1. The summed E-state index contributed by atoms with van der Waals surface area (Å²) in [6, 6.07) is 0. The van der Waals surface area contributed by atoms with Gasteiger partial charge < -0.3 is 9.47 Å². The first-order chi connectivity index (χ1) is 5.92. The first kappa shape index (κ1) is 12.4. The lowest BCUT2D eigenvalue weighted by Gasteiger charge is -2.26. The number of esters is 1. The van der Waals surface area contributed by atoms with Crippen LogP contribution in [0.25, 0.3) is 0 Å². The molecule has 0 aromatic heterocycles. The van der Waals surface area contributed by atoms with Crippen LogP contribution in [0, 0.1) is 11.3 Å². The van der Waals surface area contributed by atoms with Gasteiger partial charge in [0.15, 0.2) is 0 Å². The topological polar surface area (TPSA) is 35.5 Å². The Morgan fingerprint density at radius 1 is 1.31 bits per heavy atom. The highest BCUT2D eigenvalue weighted by Crippen LogP contribution is 2.27. The van der Waals surface area contributed by atoms with Crippen LogP contribution in [0.3, 0.4) is 0 Å². The summed E-state index contributed by atoms with van der Waals surface area (Å²) in [6.07, 6.45) is 0. The molecule has 0 saturated heterocycles. The van der Waals surface area contributed by atoms with Crippen LogP contribution < -0.4 is 0 Å². The molecular weight excluding hydrogens is 168 g/mol. The number of hydrogen-bond acceptors (Lipinski definition) is 3. The van der Waals surface area contributed by atoms with Crippen molar-refractivity contribution >= 4 is 5.97 Å². The van der Waals surface area contributed by atoms with E-state index in [4.69, 9.17) is 9.47 Å². The maximum atomic E-state index is 11.5. The summed E-state index contributed by atoms with van der Waals surface area (Å²) in [5.41, 5.74) is -0.409. The zero-order valence-electron chi connectivity index (χ0n) is 9.22. The average molecular weight is 188 g/mol. The van der Waals surface area contributed by atoms with Gasteiger partial charge in [-0.25, -0.2) is 0 Å². The Balaban J connectivity index is 3.95. The molecule has 0 atom stereocenters. The van der Waals surface area contributed by atoms with E-state index in [9.17, 15) is 4.79 Å². The summed E-state index contributed by atoms with van der Waals surface area (Å²) in [4.78, 5) is 11.5. The van der Waals surface area contributed by atoms with Gasteiger partial charge in [-0.1, -0.05) is 13.8 Å². The molecule has 0 heterocycles. The fourth-order valence-corrected chi connectivity index (χ4v) is 0.639. The number of methoxy groups -OCH3 is 1. The van der Waals surface area contributed by atoms with E-state index in [0.717, 1.165) is 0 Å². The SMILES string of the molecule is COCCOC(=O)C(C)(C)C(C)C. The summed E-state index contributed by atoms with van der Waals surface area (Å²) >= 11 is 0. The largest absolute Gasteiger partial charge is 0.463 e. The van der Waals surface area contributed by atoms with Gasteiger partial charge in [-0.05, 0) is 19.8 Å². The molecule has 0 amide bonds. The lowest BCUT2D eigenvalue weighted by Crippen LogP contribution is -2.32. The van der Waals surface area contributed by atoms with Crippen LogP contribution in [-0.2, 0) is 14.3 Å². The molecule has 0 aromatic rings. The van der Waals surface area contributed by atoms with E-state index < -0.39 is 5.41 Å². The molecule has 3 nitrogen and oxygen atoms in total. The van der Waals surface area contributed by atoms with Crippen LogP contribution in [0.4, 0.5) is 0 Å². The first-order valence-electron chi connectivity index (χ1n) is 4.59. The van der Waals surface area contributed by atoms with Gasteiger partial charge in [0, 0.05) is 7.11 Å². The molecule has 0 aliphatic rings. The van der Waals surface area contributed by atoms with Gasteiger partial charge in [-0.3, -0.25) is 4.79 Å². The molecule has 0 spiro atoms. The van der Waals surface area contributed by atoms with Gasteiger partial charge in [0.25, 0.3) is 0 Å². The second kappa shape index (κ2) is 5.22. The highest BCUT2D eigenvalue weighted by Gasteiger charge is 2.32. The lowest BCUT2D eigenvalue weighted by molar-refractivity contribution is -0.157. The third-order valence-corrected chi connectivity index (χ3v) is 2.49. The summed E-state index contributed by atoms with van der Waals surface area (Å²) in [5.74, 6) is 0.127. The zero-order chi connectivity index (χ0) is 10.5. The molecule has 0 N–H and O–H groups in total. The molecule has 0 fully saturated rings. The number of ether oxygens (including phenoxy) is 2. The van der Waals surface area contributed by atoms with Gasteiger partial charge in [0.1, 0.15) is 6.61 Å². The molecule has 3 heteroatoms. The van der Waals surface area contributed by atoms with Crippen molar-refractivity contribution in [1.29, 1.82) is 0 Å². The van der Waals surface area contributed by atoms with Gasteiger partial charge in [-0.15, -0.1) is 0 Å². The van der Waals surface area contributed by atoms with Crippen molar-refractivity contribution in [2.45, 2.75) is 27.7 Å². The Hall–Kier alpha value is -0.570. The molecule has 0 rings (SSSR count). The van der Waals surface area contributed by atoms with Gasteiger partial charge >= 0.3 is 5.97 Å². The van der Waals surface area contributed by atoms with E-state index in [1.165, 1.54) is 0 Å². The van der Waals surface area contributed by atoms with E-state index >= 15 is 0 Å². The third kappa shape index (κ3) is 3.77. The summed E-state index contributed by atoms with van der Waals surface area (Å²) in [5, 5.41) is 0. The van der Waals surface area contributed by atoms with Crippen molar-refractivity contribution < 1.29 is 14.3 Å². The second-order valence-electron chi connectivity index (χ2n) is 4.01. The first-order valence-corrected chi connectivity index (χ1v) is 4.59. The van der Waals surface area contributed by atoms with Crippen LogP contribution >= 0.6 is 0 Å². The fourth-order valence-electron chi connectivity index (χ4n) is 0.639. The van der Waals surface area contributed by atoms with E-state index in [2.05, 4.69) is 0 Å². The Morgan fingerprint density at radius 3 is 2.23 bits per heavy atom. The number of rotatable bonds is 5. The minimum Gasteiger partial charge on any atom is -0.463 e. The maximum absolute atomic E-state index is 11.5. The number of carbonyl (C=O) groups excluding carboxylic acids is 1. The van der Waals surface area contributed by atoms with E-state index in [0.29, 0.717) is 13.2 Å². The molecule has 0 unspecified atom stereocenters. The molecule has 0 aliphatic heterocycles. The molecule has 0 aromatic carbocycles. The highest BCUT2D eigenvalue weighted by molar-refractivity contribution is 5.76. The van der Waals surface area contributed by atoms with Gasteiger partial charge in [0.2, 0.25) is 0 Å². The molecule has 13 heavy (non-hydrogen) atoms. The minimum atomic E-state index is -0.409. The molecule has 0 bridgehead atoms. The third-order valence-electron chi connectivity index (χ3n) is 2.49. The van der Waals surface area contributed by atoms with Crippen LogP contribution in [0.5, 0.6) is 0 Å². The minimum absolute atomic E-state index is 0.153. The predicted molar refractivity (Wildman–Crippen MR) is 51.5 cm³/mol. The summed E-state index contributed by atoms with van der Waals surface area (Å²) in [7, 11) is 1.58. The molecule has 0 radical (unpaired) electrons. The summed E-state index contributed by atoms with van der Waals surface area (Å²) < 4.78 is 9.83. The summed E-state index contributed by atoms with van der Waals surface area (Å²) in [6.45, 7) is 8.61. The fraction of sp³-hybridized carbons (Fsp3) is 0.900. The van der Waals surface area contributed by atoms with Crippen molar-refractivity contribution in [3.05, 3.63) is 0 Å². The zero-order valence-corrected chi connectivity index (χ0v) is 9.22. The molecule has 0 aliphatic carbocycles. The van der Waals surface area contributed by atoms with Gasteiger partial charge in [-0.2, -0.15) is 0 Å². The van der Waals surface area contributed by atoms with Crippen molar-refractivity contribution in [2.75, 3.05) is 20.3 Å². The predicted octanol–water partition coefficient (Wildman–Crippen LogP) is 1.86. The lowest BCUT2D eigenvalue weighted by atomic mass is 9.81. The smallest absolute Gasteiger partial charge is 0.311 e. The normalized spacial score (nSPS) is 11.8. The van der Waals surface area contributed by atoms with Crippen LogP contribution in [-0.4, -0.2) is 26.3 Å². The Labute approximate surface area is 80.4 Å². The van der Waals surface area contributed by atoms with Crippen molar-refractivity contribution in [3.63, 3.8) is 0 Å². The van der Waals surface area contributed by atoms with Crippen molar-refractivity contribution in [3.8, 4) is 0 Å². The van der Waals surface area contributed by atoms with E-state index in [-0.39, 0.29) is 11.9 Å². The molecule has 78 valence electrons. The quantitative estimate of drug-likeness (QED) is 0.488. The van der Waals surface area contributed by atoms with Crippen molar-refractivity contribution in [2.24, 2.45) is 11.3 Å². The van der Waals surface area contributed by atoms with E-state index in [1.807, 2.05) is 27.7 Å². The Bertz CT molecular complexity index is 162. The maximum Gasteiger partial charge on any atom is 0.311 e. The standard InChI is InChI=1S/C10H20O3/c1-8(2)10(3,4)9(11)13-7-6-12-5/h8H,6-7H2,1-5H3. The Morgan fingerprint density at radius 2 is 1.85 bits per heavy atom. The van der Waals surface area contributed by atoms with Crippen LogP contribution in [0.15, 0.2) is 0 Å². The molecule has 0 saturated carbocycles. The van der Waals surface area contributed by atoms with Crippen molar-refractivity contribution in [1.82, 2.24) is 0 Å². The highest BCUT2D eigenvalue weighted by atomic mass is 16.6. The Kier molecular flexibility index (Phi) is 4.99. The average Bonchev–Trinajstić information content (AvgIpc) is 2.04. The van der Waals surface area contributed by atoms with Gasteiger partial charge in [0.05, 0.1) is 12.0 Å². The van der Waals surface area contributed by atoms with Crippen LogP contribution in [0.2, 0.25) is 0 Å². The second-order valence-corrected chi connectivity index (χ2v) is 4.01. The monoisotopic (exact) mass is 188 g/mol. The molecular formula is C10H20O3. The number of hydrogen-bond donors (Lipinski definition) is 0. The van der Waals surface area contributed by atoms with Crippen LogP contribution in [0.1, 0.15) is 27.7 Å².